The standard InChI is InChI=1S/C15H17N3O3/c1-15(2,3)21-14(19)18-11-6-8-17-13(9-11)20-12-5-4-7-16-10-12/h4-10H,1-3H3,(H,17,18,19). The van der Waals surface area contributed by atoms with Gasteiger partial charge in [-0.25, -0.2) is 9.78 Å². The van der Waals surface area contributed by atoms with E-state index in [2.05, 4.69) is 15.3 Å². The van der Waals surface area contributed by atoms with Crippen LogP contribution < -0.4 is 10.1 Å². The molecule has 21 heavy (non-hydrogen) atoms. The number of rotatable bonds is 3. The molecule has 1 N–H and O–H groups in total. The number of pyridine rings is 2. The molecule has 0 aliphatic heterocycles. The summed E-state index contributed by atoms with van der Waals surface area (Å²) in [4.78, 5) is 19.7. The second-order valence-corrected chi connectivity index (χ2v) is 5.30. The van der Waals surface area contributed by atoms with Gasteiger partial charge in [0.25, 0.3) is 0 Å². The van der Waals surface area contributed by atoms with Crippen molar-refractivity contribution in [1.29, 1.82) is 0 Å². The van der Waals surface area contributed by atoms with Crippen molar-refractivity contribution in [1.82, 2.24) is 9.97 Å². The zero-order valence-corrected chi connectivity index (χ0v) is 12.2. The first-order valence-electron chi connectivity index (χ1n) is 6.46. The number of nitrogens with zero attached hydrogens (tertiary/aromatic N) is 2. The molecule has 0 saturated heterocycles. The molecule has 0 aromatic carbocycles. The molecule has 6 heteroatoms. The number of anilines is 1. The van der Waals surface area contributed by atoms with Gasteiger partial charge in [-0.2, -0.15) is 0 Å². The SMILES string of the molecule is CC(C)(C)OC(=O)Nc1ccnc(Oc2cccnc2)c1. The molecule has 110 valence electrons. The van der Waals surface area contributed by atoms with Crippen LogP contribution in [0.3, 0.4) is 0 Å². The maximum Gasteiger partial charge on any atom is 0.412 e. The van der Waals surface area contributed by atoms with Crippen LogP contribution in [0.5, 0.6) is 11.6 Å². The van der Waals surface area contributed by atoms with Crippen molar-refractivity contribution in [3.63, 3.8) is 0 Å². The maximum atomic E-state index is 11.7. The van der Waals surface area contributed by atoms with Crippen LogP contribution in [0.1, 0.15) is 20.8 Å². The van der Waals surface area contributed by atoms with Gasteiger partial charge in [0.05, 0.1) is 11.9 Å². The van der Waals surface area contributed by atoms with Gasteiger partial charge in [0.2, 0.25) is 5.88 Å². The third-order valence-corrected chi connectivity index (χ3v) is 2.24. The summed E-state index contributed by atoms with van der Waals surface area (Å²) in [6, 6.07) is 6.79. The fourth-order valence-corrected chi connectivity index (χ4v) is 1.49. The van der Waals surface area contributed by atoms with Crippen LogP contribution in [0, 0.1) is 0 Å². The van der Waals surface area contributed by atoms with Crippen molar-refractivity contribution >= 4 is 11.8 Å². The van der Waals surface area contributed by atoms with E-state index in [0.29, 0.717) is 17.3 Å². The fraction of sp³-hybridized carbons (Fsp3) is 0.267. The molecule has 0 atom stereocenters. The van der Waals surface area contributed by atoms with E-state index < -0.39 is 11.7 Å². The van der Waals surface area contributed by atoms with E-state index in [9.17, 15) is 4.79 Å². The number of carbonyl (C=O) groups is 1. The normalized spacial score (nSPS) is 10.8. The molecule has 1 amide bonds. The Balaban J connectivity index is 2.03. The fourth-order valence-electron chi connectivity index (χ4n) is 1.49. The molecule has 0 fully saturated rings. The van der Waals surface area contributed by atoms with Gasteiger partial charge in [-0.3, -0.25) is 10.3 Å². The highest BCUT2D eigenvalue weighted by atomic mass is 16.6. The number of hydrogen-bond donors (Lipinski definition) is 1. The first kappa shape index (κ1) is 14.8. The lowest BCUT2D eigenvalue weighted by Gasteiger charge is -2.19. The molecular formula is C15H17N3O3. The Bertz CT molecular complexity index is 609. The van der Waals surface area contributed by atoms with Crippen molar-refractivity contribution in [2.45, 2.75) is 26.4 Å². The monoisotopic (exact) mass is 287 g/mol. The first-order valence-corrected chi connectivity index (χ1v) is 6.46. The summed E-state index contributed by atoms with van der Waals surface area (Å²) in [6.07, 6.45) is 4.25. The van der Waals surface area contributed by atoms with Crippen molar-refractivity contribution in [3.8, 4) is 11.6 Å². The molecule has 2 heterocycles. The molecule has 6 nitrogen and oxygen atoms in total. The van der Waals surface area contributed by atoms with Gasteiger partial charge in [0.1, 0.15) is 11.4 Å². The summed E-state index contributed by atoms with van der Waals surface area (Å²) in [5.41, 5.74) is -0.00951. The topological polar surface area (TPSA) is 73.3 Å². The van der Waals surface area contributed by atoms with Crippen molar-refractivity contribution in [2.24, 2.45) is 0 Å². The zero-order valence-electron chi connectivity index (χ0n) is 12.2. The van der Waals surface area contributed by atoms with Gasteiger partial charge in [0.15, 0.2) is 0 Å². The van der Waals surface area contributed by atoms with Gasteiger partial charge >= 0.3 is 6.09 Å². The van der Waals surface area contributed by atoms with Crippen molar-refractivity contribution in [2.75, 3.05) is 5.32 Å². The van der Waals surface area contributed by atoms with Crippen LogP contribution in [0.25, 0.3) is 0 Å². The molecule has 2 rings (SSSR count). The Hall–Kier alpha value is -2.63. The Morgan fingerprint density at radius 1 is 1.24 bits per heavy atom. The summed E-state index contributed by atoms with van der Waals surface area (Å²) >= 11 is 0. The highest BCUT2D eigenvalue weighted by Gasteiger charge is 2.16. The molecule has 0 bridgehead atoms. The number of amides is 1. The highest BCUT2D eigenvalue weighted by Crippen LogP contribution is 2.21. The number of hydrogen-bond acceptors (Lipinski definition) is 5. The van der Waals surface area contributed by atoms with Crippen LogP contribution in [0.2, 0.25) is 0 Å². The van der Waals surface area contributed by atoms with Gasteiger partial charge in [-0.05, 0) is 39.0 Å². The van der Waals surface area contributed by atoms with Crippen LogP contribution in [0.4, 0.5) is 10.5 Å². The second-order valence-electron chi connectivity index (χ2n) is 5.30. The largest absolute Gasteiger partial charge is 0.444 e. The van der Waals surface area contributed by atoms with Crippen LogP contribution in [-0.2, 0) is 4.74 Å². The average Bonchev–Trinajstić information content (AvgIpc) is 2.38. The molecule has 2 aromatic rings. The minimum absolute atomic E-state index is 0.358. The van der Waals surface area contributed by atoms with E-state index in [1.807, 2.05) is 0 Å². The Morgan fingerprint density at radius 2 is 2.05 bits per heavy atom. The molecule has 0 unspecified atom stereocenters. The summed E-state index contributed by atoms with van der Waals surface area (Å²) in [5, 5.41) is 2.63. The number of aromatic nitrogens is 2. The number of ether oxygens (including phenoxy) is 2. The minimum Gasteiger partial charge on any atom is -0.444 e. The Morgan fingerprint density at radius 3 is 2.71 bits per heavy atom. The predicted molar refractivity (Wildman–Crippen MR) is 78.4 cm³/mol. The summed E-state index contributed by atoms with van der Waals surface area (Å²) in [5.74, 6) is 0.927. The summed E-state index contributed by atoms with van der Waals surface area (Å²) < 4.78 is 10.7. The van der Waals surface area contributed by atoms with E-state index in [0.717, 1.165) is 0 Å². The van der Waals surface area contributed by atoms with E-state index in [1.165, 1.54) is 0 Å². The predicted octanol–water partition coefficient (Wildman–Crippen LogP) is 3.62. The lowest BCUT2D eigenvalue weighted by molar-refractivity contribution is 0.0636. The van der Waals surface area contributed by atoms with E-state index in [4.69, 9.17) is 9.47 Å². The Kier molecular flexibility index (Phi) is 4.37. The average molecular weight is 287 g/mol. The van der Waals surface area contributed by atoms with Gasteiger partial charge in [-0.15, -0.1) is 0 Å². The zero-order chi connectivity index (χ0) is 15.3. The second kappa shape index (κ2) is 6.21. The number of carbonyl (C=O) groups excluding carboxylic acids is 1. The van der Waals surface area contributed by atoms with Crippen molar-refractivity contribution in [3.05, 3.63) is 42.9 Å². The smallest absolute Gasteiger partial charge is 0.412 e. The minimum atomic E-state index is -0.549. The quantitative estimate of drug-likeness (QED) is 0.933. The molecule has 0 aliphatic rings. The molecule has 2 aromatic heterocycles. The summed E-state index contributed by atoms with van der Waals surface area (Å²) in [7, 11) is 0. The third kappa shape index (κ3) is 5.10. The van der Waals surface area contributed by atoms with E-state index in [1.54, 1.807) is 63.6 Å². The van der Waals surface area contributed by atoms with Gasteiger partial charge in [0, 0.05) is 18.5 Å². The first-order chi connectivity index (χ1) is 9.92. The lowest BCUT2D eigenvalue weighted by Crippen LogP contribution is -2.27. The summed E-state index contributed by atoms with van der Waals surface area (Å²) in [6.45, 7) is 5.40. The molecule has 0 radical (unpaired) electrons. The van der Waals surface area contributed by atoms with Gasteiger partial charge < -0.3 is 9.47 Å². The number of nitrogens with one attached hydrogen (secondary N) is 1. The van der Waals surface area contributed by atoms with E-state index >= 15 is 0 Å². The van der Waals surface area contributed by atoms with Crippen LogP contribution in [0.15, 0.2) is 42.9 Å². The molecule has 0 aliphatic carbocycles. The molecule has 0 spiro atoms. The molecular weight excluding hydrogens is 270 g/mol. The van der Waals surface area contributed by atoms with Crippen LogP contribution >= 0.6 is 0 Å². The highest BCUT2D eigenvalue weighted by molar-refractivity contribution is 5.84. The maximum absolute atomic E-state index is 11.7. The molecule has 0 saturated carbocycles. The van der Waals surface area contributed by atoms with Crippen molar-refractivity contribution < 1.29 is 14.3 Å². The lowest BCUT2D eigenvalue weighted by atomic mass is 10.2. The van der Waals surface area contributed by atoms with Gasteiger partial charge in [-0.1, -0.05) is 0 Å². The van der Waals surface area contributed by atoms with E-state index in [-0.39, 0.29) is 0 Å². The van der Waals surface area contributed by atoms with Crippen LogP contribution in [-0.4, -0.2) is 21.7 Å². The third-order valence-electron chi connectivity index (χ3n) is 2.24. The Labute approximate surface area is 123 Å².